The van der Waals surface area contributed by atoms with E-state index in [0.717, 1.165) is 4.90 Å². The van der Waals surface area contributed by atoms with Gasteiger partial charge in [0.1, 0.15) is 5.82 Å². The van der Waals surface area contributed by atoms with E-state index in [1.807, 2.05) is 0 Å². The highest BCUT2D eigenvalue weighted by molar-refractivity contribution is 6.34. The summed E-state index contributed by atoms with van der Waals surface area (Å²) in [6, 6.07) is 4.06. The minimum absolute atomic E-state index is 0.0302. The standard InChI is InChI=1S/C10H10ClFN2O2/c1-14(10(16)9(13)15)5-6-2-3-8(12)7(11)4-6/h2-4H,5H2,1H3,(H2,13,15). The van der Waals surface area contributed by atoms with E-state index in [9.17, 15) is 14.0 Å². The van der Waals surface area contributed by atoms with Gasteiger partial charge >= 0.3 is 11.8 Å². The molecule has 2 N–H and O–H groups in total. The Hall–Kier alpha value is -1.62. The van der Waals surface area contributed by atoms with Gasteiger partial charge in [0.15, 0.2) is 0 Å². The van der Waals surface area contributed by atoms with Crippen LogP contribution in [0.5, 0.6) is 0 Å². The molecule has 2 amide bonds. The quantitative estimate of drug-likeness (QED) is 0.787. The minimum atomic E-state index is -1.03. The minimum Gasteiger partial charge on any atom is -0.361 e. The molecular formula is C10H10ClFN2O2. The third-order valence-electron chi connectivity index (χ3n) is 1.96. The summed E-state index contributed by atoms with van der Waals surface area (Å²) in [7, 11) is 1.42. The van der Waals surface area contributed by atoms with E-state index in [0.29, 0.717) is 5.56 Å². The first kappa shape index (κ1) is 12.4. The van der Waals surface area contributed by atoms with Crippen LogP contribution in [0.1, 0.15) is 5.56 Å². The molecule has 0 bridgehead atoms. The molecule has 0 radical (unpaired) electrons. The predicted molar refractivity (Wildman–Crippen MR) is 57.1 cm³/mol. The van der Waals surface area contributed by atoms with Crippen LogP contribution in [-0.4, -0.2) is 23.8 Å². The fraction of sp³-hybridized carbons (Fsp3) is 0.200. The van der Waals surface area contributed by atoms with Gasteiger partial charge in [-0.25, -0.2) is 4.39 Å². The Balaban J connectivity index is 2.77. The topological polar surface area (TPSA) is 63.4 Å². The second kappa shape index (κ2) is 4.94. The van der Waals surface area contributed by atoms with Crippen molar-refractivity contribution in [3.05, 3.63) is 34.6 Å². The summed E-state index contributed by atoms with van der Waals surface area (Å²) in [5.74, 6) is -2.37. The molecule has 0 aliphatic rings. The van der Waals surface area contributed by atoms with Crippen LogP contribution in [-0.2, 0) is 16.1 Å². The first-order valence-corrected chi connectivity index (χ1v) is 4.78. The Labute approximate surface area is 96.8 Å². The number of primary amides is 1. The second-order valence-corrected chi connectivity index (χ2v) is 3.68. The number of hydrogen-bond acceptors (Lipinski definition) is 2. The molecule has 0 aromatic heterocycles. The molecule has 1 rings (SSSR count). The SMILES string of the molecule is CN(Cc1ccc(F)c(Cl)c1)C(=O)C(N)=O. The van der Waals surface area contributed by atoms with Crippen molar-refractivity contribution >= 4 is 23.4 Å². The Morgan fingerprint density at radius 3 is 2.62 bits per heavy atom. The Kier molecular flexibility index (Phi) is 3.84. The van der Waals surface area contributed by atoms with Crippen molar-refractivity contribution in [2.45, 2.75) is 6.54 Å². The lowest BCUT2D eigenvalue weighted by atomic mass is 10.2. The van der Waals surface area contributed by atoms with Crippen LogP contribution in [0, 0.1) is 5.82 Å². The van der Waals surface area contributed by atoms with Crippen molar-refractivity contribution in [2.24, 2.45) is 5.73 Å². The molecule has 0 saturated heterocycles. The van der Waals surface area contributed by atoms with Crippen molar-refractivity contribution in [1.82, 2.24) is 4.90 Å². The zero-order chi connectivity index (χ0) is 12.3. The smallest absolute Gasteiger partial charge is 0.311 e. The van der Waals surface area contributed by atoms with Gasteiger partial charge in [-0.15, -0.1) is 0 Å². The van der Waals surface area contributed by atoms with Gasteiger partial charge in [0.2, 0.25) is 0 Å². The fourth-order valence-electron chi connectivity index (χ4n) is 1.17. The lowest BCUT2D eigenvalue weighted by molar-refractivity contribution is -0.143. The first-order chi connectivity index (χ1) is 7.41. The molecule has 0 aliphatic heterocycles. The van der Waals surface area contributed by atoms with Gasteiger partial charge in [-0.2, -0.15) is 0 Å². The van der Waals surface area contributed by atoms with Gasteiger partial charge in [0.25, 0.3) is 0 Å². The lowest BCUT2D eigenvalue weighted by Gasteiger charge is -2.15. The van der Waals surface area contributed by atoms with Crippen LogP contribution in [0.3, 0.4) is 0 Å². The van der Waals surface area contributed by atoms with Crippen molar-refractivity contribution < 1.29 is 14.0 Å². The molecule has 16 heavy (non-hydrogen) atoms. The number of likely N-dealkylation sites (N-methyl/N-ethyl adjacent to an activating group) is 1. The summed E-state index contributed by atoms with van der Waals surface area (Å²) in [6.45, 7) is 0.141. The molecule has 1 aromatic rings. The second-order valence-electron chi connectivity index (χ2n) is 3.27. The summed E-state index contributed by atoms with van der Waals surface area (Å²) in [4.78, 5) is 22.9. The highest BCUT2D eigenvalue weighted by Crippen LogP contribution is 2.16. The number of carbonyl (C=O) groups excluding carboxylic acids is 2. The monoisotopic (exact) mass is 244 g/mol. The molecule has 0 saturated carbocycles. The van der Waals surface area contributed by atoms with Gasteiger partial charge in [0, 0.05) is 13.6 Å². The van der Waals surface area contributed by atoms with E-state index in [1.165, 1.54) is 25.2 Å². The van der Waals surface area contributed by atoms with Crippen LogP contribution in [0.15, 0.2) is 18.2 Å². The molecule has 0 heterocycles. The molecule has 0 fully saturated rings. The highest BCUT2D eigenvalue weighted by atomic mass is 35.5. The molecular weight excluding hydrogens is 235 g/mol. The van der Waals surface area contributed by atoms with Crippen LogP contribution in [0.2, 0.25) is 5.02 Å². The molecule has 0 atom stereocenters. The maximum atomic E-state index is 12.8. The summed E-state index contributed by atoms with van der Waals surface area (Å²) in [5.41, 5.74) is 5.44. The third kappa shape index (κ3) is 2.93. The van der Waals surface area contributed by atoms with Crippen LogP contribution < -0.4 is 5.73 Å². The zero-order valence-corrected chi connectivity index (χ0v) is 9.29. The number of benzene rings is 1. The number of nitrogens with two attached hydrogens (primary N) is 1. The Bertz CT molecular complexity index is 437. The predicted octanol–water partition coefficient (Wildman–Crippen LogP) is 0.923. The van der Waals surface area contributed by atoms with E-state index >= 15 is 0 Å². The van der Waals surface area contributed by atoms with E-state index in [2.05, 4.69) is 0 Å². The summed E-state index contributed by atoms with van der Waals surface area (Å²) < 4.78 is 12.8. The van der Waals surface area contributed by atoms with E-state index < -0.39 is 17.6 Å². The number of hydrogen-bond donors (Lipinski definition) is 1. The Morgan fingerprint density at radius 2 is 2.12 bits per heavy atom. The van der Waals surface area contributed by atoms with Crippen LogP contribution >= 0.6 is 11.6 Å². The summed E-state index contributed by atoms with van der Waals surface area (Å²) in [6.07, 6.45) is 0. The zero-order valence-electron chi connectivity index (χ0n) is 8.54. The van der Waals surface area contributed by atoms with Crippen molar-refractivity contribution in [3.63, 3.8) is 0 Å². The maximum Gasteiger partial charge on any atom is 0.311 e. The van der Waals surface area contributed by atoms with Crippen molar-refractivity contribution in [3.8, 4) is 0 Å². The molecule has 1 aromatic carbocycles. The summed E-state index contributed by atoms with van der Waals surface area (Å²) in [5, 5.41) is -0.0302. The maximum absolute atomic E-state index is 12.8. The number of nitrogens with zero attached hydrogens (tertiary/aromatic N) is 1. The molecule has 0 unspecified atom stereocenters. The summed E-state index contributed by atoms with van der Waals surface area (Å²) >= 11 is 5.57. The van der Waals surface area contributed by atoms with E-state index in [1.54, 1.807) is 0 Å². The molecule has 6 heteroatoms. The largest absolute Gasteiger partial charge is 0.361 e. The average molecular weight is 245 g/mol. The number of rotatable bonds is 2. The molecule has 0 aliphatic carbocycles. The van der Waals surface area contributed by atoms with Gasteiger partial charge in [0.05, 0.1) is 5.02 Å². The van der Waals surface area contributed by atoms with Crippen molar-refractivity contribution in [2.75, 3.05) is 7.05 Å². The van der Waals surface area contributed by atoms with Gasteiger partial charge < -0.3 is 10.6 Å². The van der Waals surface area contributed by atoms with Gasteiger partial charge in [-0.3, -0.25) is 9.59 Å². The highest BCUT2D eigenvalue weighted by Gasteiger charge is 2.15. The number of carbonyl (C=O) groups is 2. The van der Waals surface area contributed by atoms with Gasteiger partial charge in [-0.05, 0) is 17.7 Å². The Morgan fingerprint density at radius 1 is 1.50 bits per heavy atom. The molecule has 4 nitrogen and oxygen atoms in total. The molecule has 86 valence electrons. The molecule has 0 spiro atoms. The fourth-order valence-corrected chi connectivity index (χ4v) is 1.37. The van der Waals surface area contributed by atoms with Crippen LogP contribution in [0.4, 0.5) is 4.39 Å². The first-order valence-electron chi connectivity index (χ1n) is 4.40. The average Bonchev–Trinajstić information content (AvgIpc) is 2.22. The third-order valence-corrected chi connectivity index (χ3v) is 2.25. The van der Waals surface area contributed by atoms with Crippen LogP contribution in [0.25, 0.3) is 0 Å². The van der Waals surface area contributed by atoms with Gasteiger partial charge in [-0.1, -0.05) is 17.7 Å². The van der Waals surface area contributed by atoms with E-state index in [4.69, 9.17) is 17.3 Å². The number of amides is 2. The number of halogens is 2. The normalized spacial score (nSPS) is 9.94. The van der Waals surface area contributed by atoms with Crippen molar-refractivity contribution in [1.29, 1.82) is 0 Å². The van der Waals surface area contributed by atoms with E-state index in [-0.39, 0.29) is 11.6 Å². The lowest BCUT2D eigenvalue weighted by Crippen LogP contribution is -2.37.